The average molecular weight is 554 g/mol. The standard InChI is InChI=1S/C29H30Cl2N4OS/c1-21-9-5-6-12-26(21)35-27(19-22-10-3-2-4-11-22)33-34-29(35)37-18-8-7-13-28(36)32-17-16-23-14-15-24(30)20-25(23)31/h2-6,9-12,14-15,20H,7-8,13,16-19H2,1H3,(H,32,36). The molecular formula is C29H30Cl2N4OS. The van der Waals surface area contributed by atoms with E-state index in [0.29, 0.717) is 35.9 Å². The molecule has 1 aromatic heterocycles. The van der Waals surface area contributed by atoms with E-state index < -0.39 is 0 Å². The van der Waals surface area contributed by atoms with Crippen molar-refractivity contribution in [3.63, 3.8) is 0 Å². The van der Waals surface area contributed by atoms with Gasteiger partial charge in [-0.05, 0) is 61.1 Å². The van der Waals surface area contributed by atoms with Crippen LogP contribution in [0.1, 0.15) is 41.8 Å². The third-order valence-electron chi connectivity index (χ3n) is 6.02. The van der Waals surface area contributed by atoms with Crippen LogP contribution in [0.15, 0.2) is 78.0 Å². The second-order valence-electron chi connectivity index (χ2n) is 8.82. The number of nitrogens with zero attached hydrogens (tertiary/aromatic N) is 3. The van der Waals surface area contributed by atoms with Gasteiger partial charge in [-0.1, -0.05) is 89.6 Å². The van der Waals surface area contributed by atoms with Crippen LogP contribution in [0.4, 0.5) is 0 Å². The zero-order valence-electron chi connectivity index (χ0n) is 20.8. The average Bonchev–Trinajstić information content (AvgIpc) is 3.28. The molecule has 4 aromatic rings. The van der Waals surface area contributed by atoms with Crippen molar-refractivity contribution in [2.45, 2.75) is 44.2 Å². The summed E-state index contributed by atoms with van der Waals surface area (Å²) >= 11 is 13.8. The lowest BCUT2D eigenvalue weighted by Crippen LogP contribution is -2.25. The number of carbonyl (C=O) groups is 1. The van der Waals surface area contributed by atoms with Gasteiger partial charge in [-0.25, -0.2) is 0 Å². The lowest BCUT2D eigenvalue weighted by molar-refractivity contribution is -0.121. The van der Waals surface area contributed by atoms with Crippen LogP contribution < -0.4 is 5.32 Å². The number of halogens is 2. The molecule has 1 N–H and O–H groups in total. The molecule has 4 rings (SSSR count). The Balaban J connectivity index is 1.28. The summed E-state index contributed by atoms with van der Waals surface area (Å²) in [6.45, 7) is 2.66. The first kappa shape index (κ1) is 27.2. The number of benzene rings is 3. The van der Waals surface area contributed by atoms with E-state index in [4.69, 9.17) is 23.2 Å². The number of amides is 1. The van der Waals surface area contributed by atoms with Gasteiger partial charge < -0.3 is 5.32 Å². The first-order valence-electron chi connectivity index (χ1n) is 12.4. The SMILES string of the molecule is Cc1ccccc1-n1c(Cc2ccccc2)nnc1SCCCCC(=O)NCCc1ccc(Cl)cc1Cl. The highest BCUT2D eigenvalue weighted by Gasteiger charge is 2.16. The fourth-order valence-corrected chi connectivity index (χ4v) is 5.51. The van der Waals surface area contributed by atoms with Crippen LogP contribution in [-0.4, -0.2) is 33.0 Å². The number of thioether (sulfide) groups is 1. The zero-order valence-corrected chi connectivity index (χ0v) is 23.1. The van der Waals surface area contributed by atoms with E-state index in [-0.39, 0.29) is 5.91 Å². The van der Waals surface area contributed by atoms with Gasteiger partial charge in [0.1, 0.15) is 5.82 Å². The van der Waals surface area contributed by atoms with Crippen LogP contribution in [0.2, 0.25) is 10.0 Å². The summed E-state index contributed by atoms with van der Waals surface area (Å²) < 4.78 is 2.17. The fraction of sp³-hybridized carbons (Fsp3) is 0.276. The van der Waals surface area contributed by atoms with Gasteiger partial charge in [0.2, 0.25) is 5.91 Å². The molecule has 0 saturated heterocycles. The molecule has 1 heterocycles. The second kappa shape index (κ2) is 13.7. The molecule has 37 heavy (non-hydrogen) atoms. The number of hydrogen-bond acceptors (Lipinski definition) is 4. The third-order valence-corrected chi connectivity index (χ3v) is 7.62. The number of aryl methyl sites for hydroxylation is 1. The van der Waals surface area contributed by atoms with Crippen molar-refractivity contribution < 1.29 is 4.79 Å². The van der Waals surface area contributed by atoms with Gasteiger partial charge in [0.25, 0.3) is 0 Å². The van der Waals surface area contributed by atoms with Crippen LogP contribution >= 0.6 is 35.0 Å². The summed E-state index contributed by atoms with van der Waals surface area (Å²) in [5.41, 5.74) is 4.45. The molecule has 0 saturated carbocycles. The van der Waals surface area contributed by atoms with Crippen LogP contribution in [0.5, 0.6) is 0 Å². The predicted octanol–water partition coefficient (Wildman–Crippen LogP) is 7.09. The summed E-state index contributed by atoms with van der Waals surface area (Å²) in [7, 11) is 0. The molecule has 0 atom stereocenters. The number of rotatable bonds is 12. The van der Waals surface area contributed by atoms with Crippen LogP contribution in [-0.2, 0) is 17.6 Å². The minimum absolute atomic E-state index is 0.0586. The number of nitrogens with one attached hydrogen (secondary N) is 1. The van der Waals surface area contributed by atoms with Gasteiger partial charge in [0, 0.05) is 35.2 Å². The lowest BCUT2D eigenvalue weighted by atomic mass is 10.1. The monoisotopic (exact) mass is 552 g/mol. The highest BCUT2D eigenvalue weighted by molar-refractivity contribution is 7.99. The molecule has 0 spiro atoms. The van der Waals surface area contributed by atoms with Crippen molar-refractivity contribution in [2.24, 2.45) is 0 Å². The summed E-state index contributed by atoms with van der Waals surface area (Å²) in [6.07, 6.45) is 3.62. The number of para-hydroxylation sites is 1. The van der Waals surface area contributed by atoms with E-state index in [0.717, 1.165) is 40.8 Å². The van der Waals surface area contributed by atoms with Gasteiger partial charge >= 0.3 is 0 Å². The van der Waals surface area contributed by atoms with Crippen molar-refractivity contribution in [2.75, 3.05) is 12.3 Å². The molecule has 0 aliphatic heterocycles. The van der Waals surface area contributed by atoms with Gasteiger partial charge in [-0.2, -0.15) is 0 Å². The quantitative estimate of drug-likeness (QED) is 0.150. The number of carbonyl (C=O) groups excluding carboxylic acids is 1. The molecule has 8 heteroatoms. The number of aromatic nitrogens is 3. The molecule has 0 unspecified atom stereocenters. The smallest absolute Gasteiger partial charge is 0.220 e. The molecule has 3 aromatic carbocycles. The summed E-state index contributed by atoms with van der Waals surface area (Å²) in [5.74, 6) is 1.84. The Morgan fingerprint density at radius 2 is 1.76 bits per heavy atom. The summed E-state index contributed by atoms with van der Waals surface area (Å²) in [6, 6.07) is 24.1. The largest absolute Gasteiger partial charge is 0.356 e. The van der Waals surface area contributed by atoms with Gasteiger partial charge in [0.05, 0.1) is 5.69 Å². The minimum atomic E-state index is 0.0586. The molecule has 0 bridgehead atoms. The number of unbranched alkanes of at least 4 members (excludes halogenated alkanes) is 1. The maximum absolute atomic E-state index is 12.3. The molecule has 0 aliphatic carbocycles. The molecule has 1 amide bonds. The van der Waals surface area contributed by atoms with Crippen molar-refractivity contribution in [1.82, 2.24) is 20.1 Å². The van der Waals surface area contributed by atoms with Crippen molar-refractivity contribution >= 4 is 40.9 Å². The van der Waals surface area contributed by atoms with Crippen LogP contribution in [0.25, 0.3) is 5.69 Å². The maximum atomic E-state index is 12.3. The topological polar surface area (TPSA) is 59.8 Å². The summed E-state index contributed by atoms with van der Waals surface area (Å²) in [5, 5.41) is 14.2. The Bertz CT molecular complexity index is 1330. The highest BCUT2D eigenvalue weighted by atomic mass is 35.5. The Kier molecular flexibility index (Phi) is 10.1. The van der Waals surface area contributed by atoms with E-state index in [1.807, 2.05) is 42.5 Å². The molecule has 0 fully saturated rings. The Labute approximate surface area is 232 Å². The van der Waals surface area contributed by atoms with Gasteiger partial charge in [-0.3, -0.25) is 9.36 Å². The molecule has 0 radical (unpaired) electrons. The lowest BCUT2D eigenvalue weighted by Gasteiger charge is -2.13. The predicted molar refractivity (Wildman–Crippen MR) is 153 cm³/mol. The second-order valence-corrected chi connectivity index (χ2v) is 10.7. The van der Waals surface area contributed by atoms with E-state index >= 15 is 0 Å². The zero-order chi connectivity index (χ0) is 26.0. The van der Waals surface area contributed by atoms with Crippen molar-refractivity contribution in [3.05, 3.63) is 105 Å². The van der Waals surface area contributed by atoms with E-state index in [1.54, 1.807) is 17.8 Å². The minimum Gasteiger partial charge on any atom is -0.356 e. The van der Waals surface area contributed by atoms with Crippen LogP contribution in [0.3, 0.4) is 0 Å². The van der Waals surface area contributed by atoms with E-state index in [9.17, 15) is 4.79 Å². The van der Waals surface area contributed by atoms with Crippen LogP contribution in [0, 0.1) is 6.92 Å². The van der Waals surface area contributed by atoms with Gasteiger partial charge in [-0.15, -0.1) is 10.2 Å². The Hall–Kier alpha value is -2.80. The number of hydrogen-bond donors (Lipinski definition) is 1. The van der Waals surface area contributed by atoms with Crippen molar-refractivity contribution in [3.8, 4) is 5.69 Å². The Morgan fingerprint density at radius 1 is 0.973 bits per heavy atom. The first-order chi connectivity index (χ1) is 18.0. The molecule has 192 valence electrons. The first-order valence-corrected chi connectivity index (χ1v) is 14.1. The normalized spacial score (nSPS) is 11.0. The van der Waals surface area contributed by atoms with Crippen molar-refractivity contribution in [1.29, 1.82) is 0 Å². The maximum Gasteiger partial charge on any atom is 0.220 e. The molecular weight excluding hydrogens is 523 g/mol. The van der Waals surface area contributed by atoms with Gasteiger partial charge in [0.15, 0.2) is 5.16 Å². The Morgan fingerprint density at radius 3 is 2.54 bits per heavy atom. The fourth-order valence-electron chi connectivity index (χ4n) is 4.04. The summed E-state index contributed by atoms with van der Waals surface area (Å²) in [4.78, 5) is 12.3. The molecule has 5 nitrogen and oxygen atoms in total. The highest BCUT2D eigenvalue weighted by Crippen LogP contribution is 2.26. The molecule has 0 aliphatic rings. The van der Waals surface area contributed by atoms with E-state index in [1.165, 1.54) is 11.1 Å². The van der Waals surface area contributed by atoms with E-state index in [2.05, 4.69) is 51.3 Å². The third kappa shape index (κ3) is 7.84.